The zero-order valence-corrected chi connectivity index (χ0v) is 12.9. The third-order valence-corrected chi connectivity index (χ3v) is 4.39. The van der Waals surface area contributed by atoms with Gasteiger partial charge >= 0.3 is 0 Å². The molecule has 1 amide bonds. The zero-order chi connectivity index (χ0) is 14.4. The van der Waals surface area contributed by atoms with Gasteiger partial charge in [-0.2, -0.15) is 0 Å². The first-order valence-corrected chi connectivity index (χ1v) is 7.94. The topological polar surface area (TPSA) is 33.5 Å². The number of furan rings is 1. The first kappa shape index (κ1) is 14.9. The fraction of sp³-hybridized carbons (Fsp3) is 0.438. The van der Waals surface area contributed by atoms with Crippen molar-refractivity contribution in [3.63, 3.8) is 0 Å². The van der Waals surface area contributed by atoms with Gasteiger partial charge in [-0.3, -0.25) is 4.79 Å². The minimum Gasteiger partial charge on any atom is -0.472 e. The lowest BCUT2D eigenvalue weighted by Gasteiger charge is -2.25. The molecule has 0 aromatic carbocycles. The summed E-state index contributed by atoms with van der Waals surface area (Å²) in [6.45, 7) is 5.45. The lowest BCUT2D eigenvalue weighted by atomic mass is 10.0. The quantitative estimate of drug-likeness (QED) is 0.761. The summed E-state index contributed by atoms with van der Waals surface area (Å²) in [5, 5.41) is 2.05. The molecule has 2 aromatic heterocycles. The maximum atomic E-state index is 12.7. The van der Waals surface area contributed by atoms with Crippen molar-refractivity contribution in [2.75, 3.05) is 0 Å². The molecule has 108 valence electrons. The van der Waals surface area contributed by atoms with Gasteiger partial charge in [-0.15, -0.1) is 11.3 Å². The average Bonchev–Trinajstić information content (AvgIpc) is 3.12. The Bertz CT molecular complexity index is 464. The predicted octanol–water partition coefficient (Wildman–Crippen LogP) is 4.31. The van der Waals surface area contributed by atoms with Crippen LogP contribution in [0.1, 0.15) is 37.1 Å². The Kier molecular flexibility index (Phi) is 5.41. The van der Waals surface area contributed by atoms with E-state index >= 15 is 0 Å². The van der Waals surface area contributed by atoms with Crippen molar-refractivity contribution in [2.45, 2.75) is 39.8 Å². The average molecular weight is 291 g/mol. The van der Waals surface area contributed by atoms with Gasteiger partial charge in [0.2, 0.25) is 5.91 Å². The number of rotatable bonds is 7. The minimum atomic E-state index is 0.113. The highest BCUT2D eigenvalue weighted by atomic mass is 32.1. The predicted molar refractivity (Wildman–Crippen MR) is 81.4 cm³/mol. The number of thiophene rings is 1. The zero-order valence-electron chi connectivity index (χ0n) is 12.0. The van der Waals surface area contributed by atoms with Crippen molar-refractivity contribution in [2.24, 2.45) is 5.92 Å². The summed E-state index contributed by atoms with van der Waals surface area (Å²) in [4.78, 5) is 15.8. The molecule has 0 fully saturated rings. The van der Waals surface area contributed by atoms with Crippen LogP contribution in [0, 0.1) is 5.92 Å². The highest BCUT2D eigenvalue weighted by Gasteiger charge is 2.22. The lowest BCUT2D eigenvalue weighted by molar-refractivity contribution is -0.137. The van der Waals surface area contributed by atoms with E-state index in [9.17, 15) is 4.79 Å². The van der Waals surface area contributed by atoms with Crippen LogP contribution in [0.3, 0.4) is 0 Å². The van der Waals surface area contributed by atoms with Crippen LogP contribution in [-0.2, 0) is 17.9 Å². The van der Waals surface area contributed by atoms with Crippen molar-refractivity contribution in [3.05, 3.63) is 46.5 Å². The number of carbonyl (C=O) groups is 1. The Balaban J connectivity index is 2.12. The molecule has 0 N–H and O–H groups in total. The third-order valence-electron chi connectivity index (χ3n) is 3.53. The summed E-state index contributed by atoms with van der Waals surface area (Å²) >= 11 is 1.69. The van der Waals surface area contributed by atoms with Crippen LogP contribution in [0.15, 0.2) is 40.5 Å². The van der Waals surface area contributed by atoms with E-state index in [1.807, 2.05) is 22.4 Å². The maximum Gasteiger partial charge on any atom is 0.226 e. The second kappa shape index (κ2) is 7.29. The van der Waals surface area contributed by atoms with Crippen LogP contribution in [0.25, 0.3) is 0 Å². The van der Waals surface area contributed by atoms with Crippen LogP contribution < -0.4 is 0 Å². The Labute approximate surface area is 124 Å². The van der Waals surface area contributed by atoms with Gasteiger partial charge in [-0.05, 0) is 30.4 Å². The van der Waals surface area contributed by atoms with Crippen molar-refractivity contribution in [1.29, 1.82) is 0 Å². The molecular weight excluding hydrogens is 270 g/mol. The molecule has 0 radical (unpaired) electrons. The molecule has 2 aromatic rings. The van der Waals surface area contributed by atoms with E-state index < -0.39 is 0 Å². The molecule has 0 saturated heterocycles. The van der Waals surface area contributed by atoms with Crippen molar-refractivity contribution >= 4 is 17.2 Å². The molecular formula is C16H21NO2S. The van der Waals surface area contributed by atoms with E-state index in [0.717, 1.165) is 18.4 Å². The van der Waals surface area contributed by atoms with E-state index in [1.165, 1.54) is 4.88 Å². The number of carbonyl (C=O) groups excluding carboxylic acids is 1. The van der Waals surface area contributed by atoms with Gasteiger partial charge in [0.15, 0.2) is 0 Å². The second-order valence-electron chi connectivity index (χ2n) is 4.92. The van der Waals surface area contributed by atoms with E-state index in [2.05, 4.69) is 19.9 Å². The van der Waals surface area contributed by atoms with E-state index in [-0.39, 0.29) is 11.8 Å². The summed E-state index contributed by atoms with van der Waals surface area (Å²) in [7, 11) is 0. The van der Waals surface area contributed by atoms with Gasteiger partial charge in [0.25, 0.3) is 0 Å². The number of hydrogen-bond donors (Lipinski definition) is 0. The Morgan fingerprint density at radius 1 is 1.30 bits per heavy atom. The molecule has 0 atom stereocenters. The molecule has 3 nitrogen and oxygen atoms in total. The maximum absolute atomic E-state index is 12.7. The number of nitrogens with zero attached hydrogens (tertiary/aromatic N) is 1. The molecule has 4 heteroatoms. The van der Waals surface area contributed by atoms with Crippen molar-refractivity contribution < 1.29 is 9.21 Å². The molecule has 20 heavy (non-hydrogen) atoms. The lowest BCUT2D eigenvalue weighted by Crippen LogP contribution is -2.34. The molecule has 0 saturated carbocycles. The van der Waals surface area contributed by atoms with Gasteiger partial charge in [-0.1, -0.05) is 19.9 Å². The van der Waals surface area contributed by atoms with Crippen LogP contribution >= 0.6 is 11.3 Å². The van der Waals surface area contributed by atoms with E-state index in [4.69, 9.17) is 4.42 Å². The highest BCUT2D eigenvalue weighted by molar-refractivity contribution is 7.09. The van der Waals surface area contributed by atoms with E-state index in [1.54, 1.807) is 23.9 Å². The smallest absolute Gasteiger partial charge is 0.226 e. The van der Waals surface area contributed by atoms with Gasteiger partial charge in [0, 0.05) is 22.9 Å². The number of amides is 1. The van der Waals surface area contributed by atoms with Gasteiger partial charge in [0.05, 0.1) is 19.1 Å². The molecule has 0 bridgehead atoms. The Morgan fingerprint density at radius 2 is 2.10 bits per heavy atom. The molecule has 0 aliphatic rings. The Morgan fingerprint density at radius 3 is 2.65 bits per heavy atom. The van der Waals surface area contributed by atoms with Crippen LogP contribution in [0.2, 0.25) is 0 Å². The van der Waals surface area contributed by atoms with E-state index in [0.29, 0.717) is 13.1 Å². The third kappa shape index (κ3) is 3.73. The fourth-order valence-electron chi connectivity index (χ4n) is 2.30. The van der Waals surface area contributed by atoms with Crippen LogP contribution in [0.5, 0.6) is 0 Å². The van der Waals surface area contributed by atoms with Crippen molar-refractivity contribution in [3.8, 4) is 0 Å². The molecule has 2 rings (SSSR count). The van der Waals surface area contributed by atoms with Crippen molar-refractivity contribution in [1.82, 2.24) is 4.90 Å². The second-order valence-corrected chi connectivity index (χ2v) is 5.95. The van der Waals surface area contributed by atoms with Crippen LogP contribution in [0.4, 0.5) is 0 Å². The Hall–Kier alpha value is -1.55. The van der Waals surface area contributed by atoms with Gasteiger partial charge in [0.1, 0.15) is 0 Å². The molecule has 0 unspecified atom stereocenters. The summed E-state index contributed by atoms with van der Waals surface area (Å²) in [6, 6.07) is 6.02. The SMILES string of the molecule is CCC(CC)C(=O)N(Cc1ccoc1)Cc1cccs1. The summed E-state index contributed by atoms with van der Waals surface area (Å²) in [5.41, 5.74) is 1.04. The van der Waals surface area contributed by atoms with Gasteiger partial charge < -0.3 is 9.32 Å². The molecule has 0 spiro atoms. The molecule has 0 aliphatic heterocycles. The monoisotopic (exact) mass is 291 g/mol. The number of hydrogen-bond acceptors (Lipinski definition) is 3. The summed E-state index contributed by atoms with van der Waals surface area (Å²) in [5.74, 6) is 0.353. The summed E-state index contributed by atoms with van der Waals surface area (Å²) < 4.78 is 5.11. The first-order valence-electron chi connectivity index (χ1n) is 7.06. The minimum absolute atomic E-state index is 0.113. The molecule has 0 aliphatic carbocycles. The fourth-order valence-corrected chi connectivity index (χ4v) is 3.02. The standard InChI is InChI=1S/C16H21NO2S/c1-3-14(4-2)16(18)17(10-13-7-8-19-12-13)11-15-6-5-9-20-15/h5-9,12,14H,3-4,10-11H2,1-2H3. The molecule has 2 heterocycles. The first-order chi connectivity index (χ1) is 9.74. The highest BCUT2D eigenvalue weighted by Crippen LogP contribution is 2.19. The van der Waals surface area contributed by atoms with Gasteiger partial charge in [-0.25, -0.2) is 0 Å². The van der Waals surface area contributed by atoms with Crippen LogP contribution in [-0.4, -0.2) is 10.8 Å². The largest absolute Gasteiger partial charge is 0.472 e. The summed E-state index contributed by atoms with van der Waals surface area (Å²) in [6.07, 6.45) is 5.14. The normalized spacial score (nSPS) is 10.9.